The molecule has 0 spiro atoms. The van der Waals surface area contributed by atoms with Crippen LogP contribution in [0.1, 0.15) is 39.7 Å². The van der Waals surface area contributed by atoms with Gasteiger partial charge in [-0.15, -0.1) is 0 Å². The summed E-state index contributed by atoms with van der Waals surface area (Å²) in [6.07, 6.45) is 6.52. The second-order valence-corrected chi connectivity index (χ2v) is 8.27. The van der Waals surface area contributed by atoms with Crippen LogP contribution in [0.4, 0.5) is 0 Å². The Morgan fingerprint density at radius 1 is 1.17 bits per heavy atom. The van der Waals surface area contributed by atoms with E-state index in [4.69, 9.17) is 9.05 Å². The van der Waals surface area contributed by atoms with Crippen molar-refractivity contribution in [3.05, 3.63) is 53.6 Å². The summed E-state index contributed by atoms with van der Waals surface area (Å²) in [5.41, 5.74) is 1.42. The molecule has 0 aliphatic heterocycles. The number of rotatable bonds is 6. The van der Waals surface area contributed by atoms with Gasteiger partial charge in [0.2, 0.25) is 0 Å². The minimum Gasteiger partial charge on any atom is -0.404 e. The Morgan fingerprint density at radius 3 is 2.25 bits per heavy atom. The molecule has 0 saturated heterocycles. The number of benzene rings is 1. The zero-order valence-electron chi connectivity index (χ0n) is 15.0. The number of phosphoric ester groups is 1. The van der Waals surface area contributed by atoms with Crippen LogP contribution < -0.4 is 4.52 Å². The average molecular weight is 350 g/mol. The molecule has 0 saturated carbocycles. The molecule has 0 radical (unpaired) electrons. The summed E-state index contributed by atoms with van der Waals surface area (Å²) in [5.74, 6) is 0.764. The summed E-state index contributed by atoms with van der Waals surface area (Å²) in [5, 5.41) is 0. The van der Waals surface area contributed by atoms with E-state index < -0.39 is 13.4 Å². The van der Waals surface area contributed by atoms with Gasteiger partial charge in [0.25, 0.3) is 0 Å². The van der Waals surface area contributed by atoms with Gasteiger partial charge in [-0.2, -0.15) is 0 Å². The van der Waals surface area contributed by atoms with E-state index in [2.05, 4.69) is 19.9 Å². The highest BCUT2D eigenvalue weighted by molar-refractivity contribution is 7.47. The smallest absolute Gasteiger partial charge is 0.404 e. The molecule has 1 aliphatic carbocycles. The molecule has 2 rings (SSSR count). The maximum absolute atomic E-state index is 12.5. The van der Waals surface area contributed by atoms with E-state index in [1.165, 1.54) is 5.57 Å². The largest absolute Gasteiger partial charge is 0.528 e. The van der Waals surface area contributed by atoms with Crippen LogP contribution in [-0.4, -0.2) is 10.5 Å². The van der Waals surface area contributed by atoms with Crippen molar-refractivity contribution < 1.29 is 18.5 Å². The highest BCUT2D eigenvalue weighted by Crippen LogP contribution is 2.51. The maximum Gasteiger partial charge on any atom is 0.528 e. The minimum atomic E-state index is -4.24. The number of allylic oxidation sites excluding steroid dienone is 2. The lowest BCUT2D eigenvalue weighted by Crippen LogP contribution is -2.36. The van der Waals surface area contributed by atoms with Gasteiger partial charge < -0.3 is 4.52 Å². The normalized spacial score (nSPS) is 23.2. The van der Waals surface area contributed by atoms with Gasteiger partial charge in [-0.1, -0.05) is 63.6 Å². The lowest BCUT2D eigenvalue weighted by Gasteiger charge is -2.37. The number of hydrogen-bond donors (Lipinski definition) is 1. The number of hydrogen-bond acceptors (Lipinski definition) is 3. The Morgan fingerprint density at radius 2 is 1.79 bits per heavy atom. The van der Waals surface area contributed by atoms with Crippen molar-refractivity contribution in [2.24, 2.45) is 11.8 Å². The van der Waals surface area contributed by atoms with Gasteiger partial charge in [-0.3, -0.25) is 9.42 Å². The predicted octanol–water partition coefficient (Wildman–Crippen LogP) is 5.43. The fourth-order valence-electron chi connectivity index (χ4n) is 2.65. The van der Waals surface area contributed by atoms with Crippen LogP contribution in [-0.2, 0) is 9.09 Å². The standard InChI is InChI=1S/C19H27O4P/c1-14(2)17-10-12-19(13-11-17,15(3)4)23-24(20,21)22-18-8-6-16(5)7-9-18/h6-12,14-15H,13H2,1-5H3,(H,20,21). The molecule has 0 amide bonds. The van der Waals surface area contributed by atoms with E-state index in [1.807, 2.05) is 45.1 Å². The van der Waals surface area contributed by atoms with Gasteiger partial charge in [0, 0.05) is 0 Å². The second kappa shape index (κ2) is 7.26. The zero-order valence-corrected chi connectivity index (χ0v) is 15.9. The van der Waals surface area contributed by atoms with Crippen LogP contribution >= 0.6 is 7.82 Å². The molecule has 0 aromatic heterocycles. The lowest BCUT2D eigenvalue weighted by atomic mass is 9.81. The Labute approximate surface area is 144 Å². The molecule has 24 heavy (non-hydrogen) atoms. The Balaban J connectivity index is 2.17. The van der Waals surface area contributed by atoms with Gasteiger partial charge in [0.15, 0.2) is 0 Å². The van der Waals surface area contributed by atoms with Crippen molar-refractivity contribution in [1.29, 1.82) is 0 Å². The molecule has 1 N–H and O–H groups in total. The highest BCUT2D eigenvalue weighted by Gasteiger charge is 2.41. The predicted molar refractivity (Wildman–Crippen MR) is 97.0 cm³/mol. The third-order valence-corrected chi connectivity index (χ3v) is 5.40. The molecule has 132 valence electrons. The molecule has 0 heterocycles. The van der Waals surface area contributed by atoms with Crippen molar-refractivity contribution in [1.82, 2.24) is 0 Å². The molecule has 2 atom stereocenters. The van der Waals surface area contributed by atoms with E-state index >= 15 is 0 Å². The molecule has 4 nitrogen and oxygen atoms in total. The van der Waals surface area contributed by atoms with Gasteiger partial charge in [0.1, 0.15) is 11.4 Å². The molecule has 0 bridgehead atoms. The van der Waals surface area contributed by atoms with Gasteiger partial charge in [0.05, 0.1) is 0 Å². The summed E-state index contributed by atoms with van der Waals surface area (Å²) >= 11 is 0. The topological polar surface area (TPSA) is 55.8 Å². The van der Waals surface area contributed by atoms with Crippen LogP contribution in [0.3, 0.4) is 0 Å². The number of aryl methyl sites for hydroxylation is 1. The first-order valence-corrected chi connectivity index (χ1v) is 9.82. The average Bonchev–Trinajstić information content (AvgIpc) is 2.49. The molecule has 0 fully saturated rings. The van der Waals surface area contributed by atoms with Crippen LogP contribution in [0.25, 0.3) is 0 Å². The van der Waals surface area contributed by atoms with Crippen molar-refractivity contribution in [3.8, 4) is 5.75 Å². The molecular formula is C19H27O4P. The number of phosphoric acid groups is 1. The first-order valence-electron chi connectivity index (χ1n) is 8.33. The summed E-state index contributed by atoms with van der Waals surface area (Å²) in [6, 6.07) is 6.98. The minimum absolute atomic E-state index is 0.0285. The maximum atomic E-state index is 12.5. The Bertz CT molecular complexity index is 673. The lowest BCUT2D eigenvalue weighted by molar-refractivity contribution is 0.0396. The first-order chi connectivity index (χ1) is 11.1. The van der Waals surface area contributed by atoms with E-state index in [-0.39, 0.29) is 5.92 Å². The van der Waals surface area contributed by atoms with E-state index in [1.54, 1.807) is 12.1 Å². The highest BCUT2D eigenvalue weighted by atomic mass is 31.2. The van der Waals surface area contributed by atoms with Crippen molar-refractivity contribution >= 4 is 7.82 Å². The van der Waals surface area contributed by atoms with Crippen molar-refractivity contribution in [2.75, 3.05) is 0 Å². The van der Waals surface area contributed by atoms with Crippen LogP contribution in [0.5, 0.6) is 5.75 Å². The van der Waals surface area contributed by atoms with Crippen molar-refractivity contribution in [2.45, 2.75) is 46.6 Å². The summed E-state index contributed by atoms with van der Waals surface area (Å²) in [6.45, 7) is 10.1. The van der Waals surface area contributed by atoms with Crippen LogP contribution in [0.2, 0.25) is 0 Å². The molecule has 1 aliphatic rings. The molecule has 2 unspecified atom stereocenters. The summed E-state index contributed by atoms with van der Waals surface area (Å²) in [4.78, 5) is 10.2. The van der Waals surface area contributed by atoms with E-state index in [9.17, 15) is 9.46 Å². The molecule has 1 aromatic carbocycles. The Hall–Kier alpha value is -1.35. The van der Waals surface area contributed by atoms with Crippen LogP contribution in [0.15, 0.2) is 48.1 Å². The SMILES string of the molecule is Cc1ccc(OP(=O)(O)OC2(C(C)C)C=CC(C(C)C)=CC2)cc1. The third kappa shape index (κ3) is 4.60. The second-order valence-electron chi connectivity index (χ2n) is 6.97. The fourth-order valence-corrected chi connectivity index (χ4v) is 3.85. The molecular weight excluding hydrogens is 323 g/mol. The zero-order chi connectivity index (χ0) is 18.0. The van der Waals surface area contributed by atoms with Crippen LogP contribution in [0, 0.1) is 18.8 Å². The van der Waals surface area contributed by atoms with Gasteiger partial charge in [-0.25, -0.2) is 4.57 Å². The quantitative estimate of drug-likeness (QED) is 0.695. The Kier molecular flexibility index (Phi) is 5.74. The summed E-state index contributed by atoms with van der Waals surface area (Å²) < 4.78 is 23.4. The molecule has 1 aromatic rings. The van der Waals surface area contributed by atoms with Crippen molar-refractivity contribution in [3.63, 3.8) is 0 Å². The first kappa shape index (κ1) is 19.0. The third-order valence-electron chi connectivity index (χ3n) is 4.39. The monoisotopic (exact) mass is 350 g/mol. The summed E-state index contributed by atoms with van der Waals surface area (Å²) in [7, 11) is -4.24. The molecule has 5 heteroatoms. The van der Waals surface area contributed by atoms with Gasteiger partial charge in [-0.05, 0) is 42.9 Å². The van der Waals surface area contributed by atoms with Gasteiger partial charge >= 0.3 is 7.82 Å². The van der Waals surface area contributed by atoms with E-state index in [0.717, 1.165) is 5.56 Å². The van der Waals surface area contributed by atoms with E-state index in [0.29, 0.717) is 18.1 Å². The fraction of sp³-hybridized carbons (Fsp3) is 0.474.